The molecular formula is C15H14FNO2S. The zero-order valence-electron chi connectivity index (χ0n) is 11.0. The van der Waals surface area contributed by atoms with E-state index in [1.165, 1.54) is 17.0 Å². The lowest BCUT2D eigenvalue weighted by atomic mass is 10.1. The van der Waals surface area contributed by atoms with Crippen LogP contribution in [0.4, 0.5) is 4.39 Å². The number of fused-ring (bicyclic) bond motifs is 1. The monoisotopic (exact) mass is 291 g/mol. The topological polar surface area (TPSA) is 40.5 Å². The second-order valence-electron chi connectivity index (χ2n) is 4.92. The summed E-state index contributed by atoms with van der Waals surface area (Å²) in [6.07, 6.45) is 0.847. The standard InChI is InChI=1S/C15H14FNO2S/c1-9(18)17-5-4-14-11(8-17)7-15(20-14)10-2-3-13(19)12(16)6-10/h2-3,6-7,19H,4-5,8H2,1H3. The Hall–Kier alpha value is -1.88. The molecule has 1 aliphatic rings. The molecule has 20 heavy (non-hydrogen) atoms. The maximum atomic E-state index is 13.4. The molecule has 0 saturated heterocycles. The number of hydrogen-bond donors (Lipinski definition) is 1. The average Bonchev–Trinajstić information content (AvgIpc) is 2.84. The molecule has 3 rings (SSSR count). The molecule has 0 saturated carbocycles. The first-order chi connectivity index (χ1) is 9.54. The summed E-state index contributed by atoms with van der Waals surface area (Å²) in [7, 11) is 0. The Morgan fingerprint density at radius 2 is 2.20 bits per heavy atom. The van der Waals surface area contributed by atoms with E-state index in [4.69, 9.17) is 0 Å². The molecular weight excluding hydrogens is 277 g/mol. The summed E-state index contributed by atoms with van der Waals surface area (Å²) < 4.78 is 13.4. The highest BCUT2D eigenvalue weighted by molar-refractivity contribution is 7.15. The number of amides is 1. The van der Waals surface area contributed by atoms with Crippen LogP contribution in [0.5, 0.6) is 5.75 Å². The van der Waals surface area contributed by atoms with Crippen molar-refractivity contribution >= 4 is 17.2 Å². The Morgan fingerprint density at radius 1 is 1.40 bits per heavy atom. The van der Waals surface area contributed by atoms with Gasteiger partial charge in [0.1, 0.15) is 0 Å². The van der Waals surface area contributed by atoms with Crippen LogP contribution in [0.25, 0.3) is 10.4 Å². The largest absolute Gasteiger partial charge is 0.505 e. The molecule has 0 spiro atoms. The number of rotatable bonds is 1. The number of phenolic OH excluding ortho intramolecular Hbond substituents is 1. The van der Waals surface area contributed by atoms with Gasteiger partial charge in [0.2, 0.25) is 5.91 Å². The summed E-state index contributed by atoms with van der Waals surface area (Å²) in [6, 6.07) is 6.43. The molecule has 5 heteroatoms. The van der Waals surface area contributed by atoms with Crippen molar-refractivity contribution in [3.8, 4) is 16.2 Å². The average molecular weight is 291 g/mol. The molecule has 2 heterocycles. The van der Waals surface area contributed by atoms with E-state index in [2.05, 4.69) is 0 Å². The SMILES string of the molecule is CC(=O)N1CCc2sc(-c3ccc(O)c(F)c3)cc2C1. The summed E-state index contributed by atoms with van der Waals surface area (Å²) in [5.41, 5.74) is 1.90. The quantitative estimate of drug-likeness (QED) is 0.876. The lowest BCUT2D eigenvalue weighted by Crippen LogP contribution is -2.33. The van der Waals surface area contributed by atoms with E-state index in [1.807, 2.05) is 11.0 Å². The molecule has 3 nitrogen and oxygen atoms in total. The fourth-order valence-electron chi connectivity index (χ4n) is 2.40. The number of phenols is 1. The minimum atomic E-state index is -0.612. The molecule has 0 fully saturated rings. The summed E-state index contributed by atoms with van der Waals surface area (Å²) >= 11 is 1.63. The van der Waals surface area contributed by atoms with Crippen molar-refractivity contribution in [2.45, 2.75) is 19.9 Å². The van der Waals surface area contributed by atoms with Crippen molar-refractivity contribution < 1.29 is 14.3 Å². The van der Waals surface area contributed by atoms with Crippen LogP contribution in [0.3, 0.4) is 0 Å². The summed E-state index contributed by atoms with van der Waals surface area (Å²) in [5.74, 6) is -0.865. The van der Waals surface area contributed by atoms with Gasteiger partial charge in [-0.2, -0.15) is 0 Å². The lowest BCUT2D eigenvalue weighted by molar-refractivity contribution is -0.129. The highest BCUT2D eigenvalue weighted by Gasteiger charge is 2.21. The molecule has 0 unspecified atom stereocenters. The molecule has 1 amide bonds. The number of benzene rings is 1. The van der Waals surface area contributed by atoms with E-state index >= 15 is 0 Å². The number of hydrogen-bond acceptors (Lipinski definition) is 3. The van der Waals surface area contributed by atoms with Crippen LogP contribution in [0, 0.1) is 5.82 Å². The van der Waals surface area contributed by atoms with Gasteiger partial charge in [0, 0.05) is 29.8 Å². The first-order valence-electron chi connectivity index (χ1n) is 6.40. The van der Waals surface area contributed by atoms with Crippen LogP contribution in [-0.2, 0) is 17.8 Å². The molecule has 1 aromatic carbocycles. The van der Waals surface area contributed by atoms with Gasteiger partial charge in [-0.15, -0.1) is 11.3 Å². The Kier molecular flexibility index (Phi) is 3.22. The number of aromatic hydroxyl groups is 1. The predicted molar refractivity (Wildman–Crippen MR) is 76.2 cm³/mol. The van der Waals surface area contributed by atoms with Gasteiger partial charge in [-0.1, -0.05) is 0 Å². The molecule has 0 radical (unpaired) electrons. The number of carbonyl (C=O) groups excluding carboxylic acids is 1. The number of carbonyl (C=O) groups is 1. The Balaban J connectivity index is 1.94. The van der Waals surface area contributed by atoms with Crippen LogP contribution < -0.4 is 0 Å². The highest BCUT2D eigenvalue weighted by atomic mass is 32.1. The van der Waals surface area contributed by atoms with Gasteiger partial charge in [0.15, 0.2) is 11.6 Å². The van der Waals surface area contributed by atoms with Crippen molar-refractivity contribution in [3.05, 3.63) is 40.5 Å². The Morgan fingerprint density at radius 3 is 2.90 bits per heavy atom. The number of nitrogens with zero attached hydrogens (tertiary/aromatic N) is 1. The second-order valence-corrected chi connectivity index (χ2v) is 6.05. The lowest BCUT2D eigenvalue weighted by Gasteiger charge is -2.25. The third-order valence-corrected chi connectivity index (χ3v) is 4.83. The molecule has 0 aliphatic carbocycles. The summed E-state index contributed by atoms with van der Waals surface area (Å²) in [4.78, 5) is 15.5. The first kappa shape index (κ1) is 13.1. The van der Waals surface area contributed by atoms with E-state index in [9.17, 15) is 14.3 Å². The fourth-order valence-corrected chi connectivity index (χ4v) is 3.56. The molecule has 104 valence electrons. The van der Waals surface area contributed by atoms with Crippen molar-refractivity contribution in [2.24, 2.45) is 0 Å². The molecule has 0 atom stereocenters. The smallest absolute Gasteiger partial charge is 0.219 e. The number of thiophene rings is 1. The van der Waals surface area contributed by atoms with Crippen molar-refractivity contribution in [3.63, 3.8) is 0 Å². The van der Waals surface area contributed by atoms with Gasteiger partial charge >= 0.3 is 0 Å². The fraction of sp³-hybridized carbons (Fsp3) is 0.267. The molecule has 1 N–H and O–H groups in total. The van der Waals surface area contributed by atoms with Crippen LogP contribution in [0.15, 0.2) is 24.3 Å². The second kappa shape index (κ2) is 4.90. The van der Waals surface area contributed by atoms with Gasteiger partial charge in [-0.3, -0.25) is 4.79 Å². The van der Waals surface area contributed by atoms with E-state index in [0.29, 0.717) is 6.54 Å². The molecule has 1 aliphatic heterocycles. The third-order valence-electron chi connectivity index (χ3n) is 3.54. The zero-order chi connectivity index (χ0) is 14.3. The van der Waals surface area contributed by atoms with Gasteiger partial charge in [0.05, 0.1) is 0 Å². The van der Waals surface area contributed by atoms with Gasteiger partial charge in [-0.05, 0) is 41.8 Å². The third kappa shape index (κ3) is 2.29. The zero-order valence-corrected chi connectivity index (χ0v) is 11.8. The van der Waals surface area contributed by atoms with E-state index in [0.717, 1.165) is 29.0 Å². The van der Waals surface area contributed by atoms with Crippen LogP contribution in [0.2, 0.25) is 0 Å². The maximum absolute atomic E-state index is 13.4. The minimum Gasteiger partial charge on any atom is -0.505 e. The summed E-state index contributed by atoms with van der Waals surface area (Å²) in [6.45, 7) is 2.95. The molecule has 2 aromatic rings. The van der Waals surface area contributed by atoms with Crippen molar-refractivity contribution in [1.82, 2.24) is 4.90 Å². The molecule has 1 aromatic heterocycles. The normalized spacial score (nSPS) is 14.2. The van der Waals surface area contributed by atoms with Gasteiger partial charge in [-0.25, -0.2) is 4.39 Å². The van der Waals surface area contributed by atoms with E-state index in [1.54, 1.807) is 24.3 Å². The first-order valence-corrected chi connectivity index (χ1v) is 7.22. The van der Waals surface area contributed by atoms with Crippen molar-refractivity contribution in [2.75, 3.05) is 6.54 Å². The van der Waals surface area contributed by atoms with Crippen LogP contribution in [-0.4, -0.2) is 22.5 Å². The highest BCUT2D eigenvalue weighted by Crippen LogP contribution is 2.35. The predicted octanol–water partition coefficient (Wildman–Crippen LogP) is 3.16. The van der Waals surface area contributed by atoms with E-state index < -0.39 is 5.82 Å². The Bertz CT molecular complexity index is 681. The minimum absolute atomic E-state index is 0.0825. The maximum Gasteiger partial charge on any atom is 0.219 e. The summed E-state index contributed by atoms with van der Waals surface area (Å²) in [5, 5.41) is 9.23. The van der Waals surface area contributed by atoms with Gasteiger partial charge in [0.25, 0.3) is 0 Å². The van der Waals surface area contributed by atoms with E-state index in [-0.39, 0.29) is 11.7 Å². The van der Waals surface area contributed by atoms with Crippen LogP contribution >= 0.6 is 11.3 Å². The number of halogens is 1. The van der Waals surface area contributed by atoms with Crippen LogP contribution in [0.1, 0.15) is 17.4 Å². The molecule has 0 bridgehead atoms. The van der Waals surface area contributed by atoms with Crippen molar-refractivity contribution in [1.29, 1.82) is 0 Å². The van der Waals surface area contributed by atoms with Gasteiger partial charge < -0.3 is 10.0 Å². The Labute approximate surface area is 120 Å².